The van der Waals surface area contributed by atoms with Gasteiger partial charge in [0.25, 0.3) is 0 Å². The van der Waals surface area contributed by atoms with Gasteiger partial charge in [0.2, 0.25) is 0 Å². The number of hydrogen-bond donors (Lipinski definition) is 4. The lowest BCUT2D eigenvalue weighted by atomic mass is 9.77. The lowest BCUT2D eigenvalue weighted by molar-refractivity contribution is 0.111. The van der Waals surface area contributed by atoms with Crippen LogP contribution in [0, 0.1) is 15.3 Å². The van der Waals surface area contributed by atoms with E-state index < -0.39 is 18.8 Å². The number of carbonyl (C=O) groups excluding carboxylic acids is 2. The molecule has 0 radical (unpaired) electrons. The summed E-state index contributed by atoms with van der Waals surface area (Å²) in [4.78, 5) is 21.2. The summed E-state index contributed by atoms with van der Waals surface area (Å²) in [6.45, 7) is -0.106. The molecule has 0 spiro atoms. The molecule has 2 heterocycles. The number of aliphatic hydroxyl groups is 2. The van der Waals surface area contributed by atoms with E-state index >= 15 is 0 Å². The number of aldehydes is 2. The smallest absolute Gasteiger partial charge is 0.423 e. The highest BCUT2D eigenvalue weighted by molar-refractivity contribution is 14.1. The Bertz CT molecular complexity index is 1400. The molecule has 0 amide bonds. The number of halogens is 3. The number of aryl methyl sites for hydroxylation is 2. The second-order valence-electron chi connectivity index (χ2n) is 7.66. The topological polar surface area (TPSA) is 151 Å². The van der Waals surface area contributed by atoms with Crippen LogP contribution < -0.4 is 5.46 Å². The molecular weight excluding hydrogens is 616 g/mol. The molecule has 0 aliphatic rings. The van der Waals surface area contributed by atoms with Crippen molar-refractivity contribution in [3.63, 3.8) is 0 Å². The zero-order valence-corrected chi connectivity index (χ0v) is 22.5. The van der Waals surface area contributed by atoms with Crippen molar-refractivity contribution in [1.29, 1.82) is 0 Å². The highest BCUT2D eigenvalue weighted by Crippen LogP contribution is 2.26. The maximum absolute atomic E-state index is 13.0. The fraction of sp³-hybridized carbons (Fsp3) is 0.167. The Morgan fingerprint density at radius 2 is 1.39 bits per heavy atom. The quantitative estimate of drug-likeness (QED) is 0.140. The van der Waals surface area contributed by atoms with Crippen LogP contribution in [0.2, 0.25) is 0 Å². The Hall–Kier alpha value is -3.31. The molecule has 0 bridgehead atoms. The monoisotopic (exact) mass is 640 g/mol. The van der Waals surface area contributed by atoms with Crippen LogP contribution in [0.15, 0.2) is 48.8 Å². The Morgan fingerprint density at radius 1 is 0.868 bits per heavy atom. The predicted molar refractivity (Wildman–Crippen MR) is 143 cm³/mol. The van der Waals surface area contributed by atoms with Crippen molar-refractivity contribution in [2.24, 2.45) is 14.1 Å². The number of carbonyl (C=O) groups is 2. The first kappa shape index (κ1) is 30.9. The van der Waals surface area contributed by atoms with Gasteiger partial charge in [-0.2, -0.15) is 10.2 Å². The second-order valence-corrected chi connectivity index (χ2v) is 8.68. The van der Waals surface area contributed by atoms with Crippen LogP contribution >= 0.6 is 22.6 Å². The Balaban J connectivity index is 0.000000212. The third-order valence-corrected chi connectivity index (χ3v) is 6.53. The largest absolute Gasteiger partial charge is 0.489 e. The predicted octanol–water partition coefficient (Wildman–Crippen LogP) is 1.37. The first-order chi connectivity index (χ1) is 18.1. The summed E-state index contributed by atoms with van der Waals surface area (Å²) in [5.41, 5.74) is 2.86. The zero-order chi connectivity index (χ0) is 28.4. The van der Waals surface area contributed by atoms with Gasteiger partial charge in [0, 0.05) is 41.9 Å². The van der Waals surface area contributed by atoms with E-state index in [0.29, 0.717) is 29.4 Å². The molecule has 10 nitrogen and oxygen atoms in total. The average Bonchev–Trinajstić information content (AvgIpc) is 3.44. The van der Waals surface area contributed by atoms with Gasteiger partial charge in [-0.3, -0.25) is 19.0 Å². The van der Waals surface area contributed by atoms with Crippen molar-refractivity contribution in [1.82, 2.24) is 19.6 Å². The summed E-state index contributed by atoms with van der Waals surface area (Å²) in [7, 11) is 1.80. The van der Waals surface area contributed by atoms with E-state index in [9.17, 15) is 23.5 Å². The van der Waals surface area contributed by atoms with E-state index in [1.165, 1.54) is 18.3 Å². The van der Waals surface area contributed by atoms with Crippen molar-refractivity contribution in [2.45, 2.75) is 13.2 Å². The van der Waals surface area contributed by atoms with Gasteiger partial charge in [0.15, 0.2) is 6.29 Å². The molecule has 0 saturated carbocycles. The van der Waals surface area contributed by atoms with Crippen LogP contribution in [0.3, 0.4) is 0 Å². The molecule has 2 aromatic carbocycles. The van der Waals surface area contributed by atoms with Gasteiger partial charge in [0.05, 0.1) is 31.3 Å². The van der Waals surface area contributed by atoms with E-state index in [2.05, 4.69) is 32.8 Å². The molecule has 0 unspecified atom stereocenters. The highest BCUT2D eigenvalue weighted by Gasteiger charge is 2.16. The van der Waals surface area contributed by atoms with Crippen LogP contribution in [0.1, 0.15) is 31.8 Å². The summed E-state index contributed by atoms with van der Waals surface area (Å²) in [6, 6.07) is 7.11. The number of aliphatic hydroxyl groups excluding tert-OH is 2. The molecular formula is C24H24BF2IN4O6. The van der Waals surface area contributed by atoms with Crippen molar-refractivity contribution in [2.75, 3.05) is 0 Å². The number of rotatable bonds is 6. The van der Waals surface area contributed by atoms with Gasteiger partial charge in [-0.25, -0.2) is 8.78 Å². The number of hydrogen-bond acceptors (Lipinski definition) is 8. The van der Waals surface area contributed by atoms with Gasteiger partial charge in [-0.15, -0.1) is 0 Å². The minimum atomic E-state index is -1.74. The third kappa shape index (κ3) is 7.85. The van der Waals surface area contributed by atoms with Gasteiger partial charge < -0.3 is 20.3 Å². The van der Waals surface area contributed by atoms with Crippen LogP contribution in [0.25, 0.3) is 11.3 Å². The molecule has 4 N–H and O–H groups in total. The van der Waals surface area contributed by atoms with E-state index in [1.807, 2.05) is 7.05 Å². The Morgan fingerprint density at radius 3 is 1.87 bits per heavy atom. The molecule has 0 fully saturated rings. The summed E-state index contributed by atoms with van der Waals surface area (Å²) in [5.74, 6) is -1.05. The normalized spacial score (nSPS) is 10.1. The van der Waals surface area contributed by atoms with Gasteiger partial charge in [-0.1, -0.05) is 6.07 Å². The number of aromatic nitrogens is 4. The summed E-state index contributed by atoms with van der Waals surface area (Å²) < 4.78 is 29.8. The van der Waals surface area contributed by atoms with E-state index in [-0.39, 0.29) is 29.8 Å². The summed E-state index contributed by atoms with van der Waals surface area (Å²) in [6.07, 6.45) is 4.15. The van der Waals surface area contributed by atoms with Gasteiger partial charge in [0.1, 0.15) is 21.6 Å². The second kappa shape index (κ2) is 14.6. The first-order valence-corrected chi connectivity index (χ1v) is 11.9. The zero-order valence-electron chi connectivity index (χ0n) is 20.3. The van der Waals surface area contributed by atoms with Crippen molar-refractivity contribution in [3.8, 4) is 11.3 Å². The lowest BCUT2D eigenvalue weighted by Gasteiger charge is -2.07. The molecule has 0 saturated heterocycles. The lowest BCUT2D eigenvalue weighted by Crippen LogP contribution is -2.33. The van der Waals surface area contributed by atoms with Crippen LogP contribution in [0.5, 0.6) is 0 Å². The molecule has 38 heavy (non-hydrogen) atoms. The molecule has 0 atom stereocenters. The van der Waals surface area contributed by atoms with E-state index in [1.54, 1.807) is 22.6 Å². The molecule has 2 aromatic heterocycles. The van der Waals surface area contributed by atoms with Crippen molar-refractivity contribution >= 4 is 47.7 Å². The van der Waals surface area contributed by atoms with Crippen molar-refractivity contribution < 1.29 is 38.6 Å². The van der Waals surface area contributed by atoms with Crippen LogP contribution in [-0.2, 0) is 27.3 Å². The minimum absolute atomic E-state index is 0.00593. The molecule has 0 aliphatic heterocycles. The van der Waals surface area contributed by atoms with Crippen molar-refractivity contribution in [3.05, 3.63) is 86.4 Å². The fourth-order valence-electron chi connectivity index (χ4n) is 3.25. The van der Waals surface area contributed by atoms with Gasteiger partial charge >= 0.3 is 7.12 Å². The third-order valence-electron chi connectivity index (χ3n) is 5.14. The van der Waals surface area contributed by atoms with E-state index in [0.717, 1.165) is 33.5 Å². The molecule has 4 aromatic rings. The highest BCUT2D eigenvalue weighted by atomic mass is 127. The molecule has 200 valence electrons. The summed E-state index contributed by atoms with van der Waals surface area (Å²) >= 11 is 2.14. The number of nitrogens with zero attached hydrogens (tertiary/aromatic N) is 4. The Labute approximate surface area is 230 Å². The number of benzene rings is 2. The maximum atomic E-state index is 13.0. The Kier molecular flexibility index (Phi) is 11.9. The van der Waals surface area contributed by atoms with E-state index in [4.69, 9.17) is 15.2 Å². The SMILES string of the molecule is Cn1ncc(CO)c1-c1ccc(F)cc1C=O.Cn1ncc(CO)c1I.O=Cc1cc(F)ccc1B(O)O. The maximum Gasteiger partial charge on any atom is 0.489 e. The summed E-state index contributed by atoms with van der Waals surface area (Å²) in [5, 5.41) is 43.2. The molecule has 0 aliphatic carbocycles. The average molecular weight is 640 g/mol. The van der Waals surface area contributed by atoms with Crippen LogP contribution in [-0.4, -0.2) is 59.5 Å². The van der Waals surface area contributed by atoms with Gasteiger partial charge in [-0.05, 0) is 58.4 Å². The minimum Gasteiger partial charge on any atom is -0.423 e. The fourth-order valence-corrected chi connectivity index (χ4v) is 3.68. The van der Waals surface area contributed by atoms with Crippen LogP contribution in [0.4, 0.5) is 8.78 Å². The molecule has 4 rings (SSSR count). The molecule has 14 heteroatoms. The first-order valence-electron chi connectivity index (χ1n) is 10.8. The standard InChI is InChI=1S/C12H11FN2O2.C7H6BFO3.C5H7IN2O/c1-15-12(9(7-17)5-14-15)11-3-2-10(13)4-8(11)6-16;9-6-1-2-7(8(11)12)5(3-6)4-10;1-8-5(6)4(3-9)2-7-8/h2-6,17H,7H2,1H3;1-4,11-12H;2,9H,3H2,1H3.